The third-order valence-corrected chi connectivity index (χ3v) is 4.59. The summed E-state index contributed by atoms with van der Waals surface area (Å²) in [6, 6.07) is 21.5. The minimum Gasteiger partial charge on any atom is -0.495 e. The molecule has 0 saturated carbocycles. The summed E-state index contributed by atoms with van der Waals surface area (Å²) >= 11 is 0. The van der Waals surface area contributed by atoms with E-state index in [0.29, 0.717) is 22.7 Å². The molecule has 1 amide bonds. The van der Waals surface area contributed by atoms with E-state index in [0.717, 1.165) is 11.1 Å². The Bertz CT molecular complexity index is 1030. The van der Waals surface area contributed by atoms with Gasteiger partial charge >= 0.3 is 5.97 Å². The first-order chi connectivity index (χ1) is 15.0. The van der Waals surface area contributed by atoms with Crippen LogP contribution in [0.15, 0.2) is 72.8 Å². The van der Waals surface area contributed by atoms with Crippen molar-refractivity contribution in [3.05, 3.63) is 89.5 Å². The number of carbonyl (C=O) groups is 2. The van der Waals surface area contributed by atoms with Gasteiger partial charge in [0, 0.05) is 5.56 Å². The Balaban J connectivity index is 1.56. The van der Waals surface area contributed by atoms with Gasteiger partial charge in [-0.25, -0.2) is 4.79 Å². The van der Waals surface area contributed by atoms with E-state index in [1.54, 1.807) is 44.4 Å². The van der Waals surface area contributed by atoms with Crippen molar-refractivity contribution >= 4 is 17.6 Å². The molecule has 6 nitrogen and oxygen atoms in total. The van der Waals surface area contributed by atoms with Crippen molar-refractivity contribution in [3.63, 3.8) is 0 Å². The van der Waals surface area contributed by atoms with E-state index in [1.165, 1.54) is 0 Å². The number of esters is 1. The molecule has 3 aromatic carbocycles. The van der Waals surface area contributed by atoms with Gasteiger partial charge in [0.25, 0.3) is 5.91 Å². The lowest BCUT2D eigenvalue weighted by atomic mass is 10.1. The van der Waals surface area contributed by atoms with E-state index in [9.17, 15) is 9.59 Å². The number of benzene rings is 3. The smallest absolute Gasteiger partial charge is 0.347 e. The third-order valence-electron chi connectivity index (χ3n) is 4.59. The van der Waals surface area contributed by atoms with Crippen LogP contribution in [0.5, 0.6) is 11.5 Å². The Labute approximate surface area is 181 Å². The van der Waals surface area contributed by atoms with Crippen LogP contribution in [0, 0.1) is 6.92 Å². The maximum atomic E-state index is 12.6. The monoisotopic (exact) mass is 419 g/mol. The molecule has 0 saturated heterocycles. The summed E-state index contributed by atoms with van der Waals surface area (Å²) in [5.41, 5.74) is 2.97. The Morgan fingerprint density at radius 1 is 0.968 bits per heavy atom. The second-order valence-corrected chi connectivity index (χ2v) is 7.04. The topological polar surface area (TPSA) is 73.9 Å². The maximum Gasteiger partial charge on any atom is 0.347 e. The van der Waals surface area contributed by atoms with Gasteiger partial charge in [0.1, 0.15) is 18.1 Å². The van der Waals surface area contributed by atoms with Gasteiger partial charge in [-0.15, -0.1) is 0 Å². The molecule has 160 valence electrons. The van der Waals surface area contributed by atoms with Gasteiger partial charge in [-0.2, -0.15) is 0 Å². The Kier molecular flexibility index (Phi) is 7.27. The van der Waals surface area contributed by atoms with Crippen LogP contribution in [0.3, 0.4) is 0 Å². The van der Waals surface area contributed by atoms with Crippen molar-refractivity contribution in [2.45, 2.75) is 26.6 Å². The van der Waals surface area contributed by atoms with E-state index in [2.05, 4.69) is 5.32 Å². The third kappa shape index (κ3) is 6.09. The molecule has 0 aliphatic carbocycles. The van der Waals surface area contributed by atoms with E-state index < -0.39 is 12.1 Å². The second kappa shape index (κ2) is 10.3. The number of methoxy groups -OCH3 is 1. The number of carbonyl (C=O) groups excluding carboxylic acids is 2. The zero-order valence-corrected chi connectivity index (χ0v) is 17.8. The fourth-order valence-electron chi connectivity index (χ4n) is 2.90. The van der Waals surface area contributed by atoms with Gasteiger partial charge in [-0.3, -0.25) is 4.79 Å². The molecule has 1 atom stereocenters. The Morgan fingerprint density at radius 2 is 1.68 bits per heavy atom. The number of rotatable bonds is 8. The van der Waals surface area contributed by atoms with Crippen molar-refractivity contribution in [3.8, 4) is 11.5 Å². The molecule has 0 fully saturated rings. The molecular formula is C25H25NO5. The van der Waals surface area contributed by atoms with Crippen LogP contribution in [0.25, 0.3) is 0 Å². The van der Waals surface area contributed by atoms with Crippen molar-refractivity contribution in [2.75, 3.05) is 12.4 Å². The van der Waals surface area contributed by atoms with Gasteiger partial charge in [-0.05, 0) is 61.4 Å². The highest BCUT2D eigenvalue weighted by Crippen LogP contribution is 2.26. The molecule has 1 N–H and O–H groups in total. The Hall–Kier alpha value is -3.80. The molecule has 3 aromatic rings. The van der Waals surface area contributed by atoms with Crippen molar-refractivity contribution in [2.24, 2.45) is 0 Å². The lowest BCUT2D eigenvalue weighted by molar-refractivity contribution is -0.152. The fraction of sp³-hybridized carbons (Fsp3) is 0.200. The summed E-state index contributed by atoms with van der Waals surface area (Å²) in [5, 5.41) is 2.85. The average molecular weight is 419 g/mol. The number of amides is 1. The highest BCUT2D eigenvalue weighted by molar-refractivity contribution is 6.05. The highest BCUT2D eigenvalue weighted by atomic mass is 16.6. The van der Waals surface area contributed by atoms with Gasteiger partial charge in [0.15, 0.2) is 6.10 Å². The summed E-state index contributed by atoms with van der Waals surface area (Å²) in [4.78, 5) is 24.7. The number of aryl methyl sites for hydroxylation is 1. The summed E-state index contributed by atoms with van der Waals surface area (Å²) in [6.07, 6.45) is -0.778. The number of ether oxygens (including phenoxy) is 3. The number of anilines is 1. The number of hydrogen-bond acceptors (Lipinski definition) is 5. The molecule has 6 heteroatoms. The second-order valence-electron chi connectivity index (χ2n) is 7.04. The van der Waals surface area contributed by atoms with E-state index in [-0.39, 0.29) is 12.5 Å². The molecule has 0 aromatic heterocycles. The zero-order chi connectivity index (χ0) is 22.2. The summed E-state index contributed by atoms with van der Waals surface area (Å²) in [7, 11) is 1.55. The predicted octanol–water partition coefficient (Wildman–Crippen LogP) is 4.77. The maximum absolute atomic E-state index is 12.6. The standard InChI is InChI=1S/C25H25NO5/c1-17-9-14-23(29-3)22(15-17)26-24(27)20-10-12-21(13-11-20)31-18(2)25(28)30-16-19-7-5-4-6-8-19/h4-15,18H,16H2,1-3H3,(H,26,27)/t18-/m1/s1. The molecule has 0 aliphatic heterocycles. The van der Waals surface area contributed by atoms with Crippen LogP contribution in [0.4, 0.5) is 5.69 Å². The zero-order valence-electron chi connectivity index (χ0n) is 17.8. The first kappa shape index (κ1) is 21.9. The summed E-state index contributed by atoms with van der Waals surface area (Å²) in [5.74, 6) is 0.318. The molecular weight excluding hydrogens is 394 g/mol. The van der Waals surface area contributed by atoms with E-state index >= 15 is 0 Å². The van der Waals surface area contributed by atoms with Gasteiger partial charge < -0.3 is 19.5 Å². The molecule has 0 bridgehead atoms. The van der Waals surface area contributed by atoms with Gasteiger partial charge in [0.05, 0.1) is 12.8 Å². The van der Waals surface area contributed by atoms with Crippen molar-refractivity contribution in [1.29, 1.82) is 0 Å². The van der Waals surface area contributed by atoms with Gasteiger partial charge in [0.2, 0.25) is 0 Å². The number of nitrogens with one attached hydrogen (secondary N) is 1. The quantitative estimate of drug-likeness (QED) is 0.533. The van der Waals surface area contributed by atoms with Crippen molar-refractivity contribution in [1.82, 2.24) is 0 Å². The van der Waals surface area contributed by atoms with Gasteiger partial charge in [-0.1, -0.05) is 36.4 Å². The van der Waals surface area contributed by atoms with Crippen LogP contribution in [-0.2, 0) is 16.1 Å². The molecule has 0 radical (unpaired) electrons. The minimum atomic E-state index is -0.778. The molecule has 0 spiro atoms. The van der Waals surface area contributed by atoms with Crippen LogP contribution in [0.2, 0.25) is 0 Å². The number of hydrogen-bond donors (Lipinski definition) is 1. The fourth-order valence-corrected chi connectivity index (χ4v) is 2.90. The molecule has 0 aliphatic rings. The first-order valence-corrected chi connectivity index (χ1v) is 9.89. The normalized spacial score (nSPS) is 11.3. The van der Waals surface area contributed by atoms with Crippen LogP contribution in [0.1, 0.15) is 28.4 Å². The molecule has 31 heavy (non-hydrogen) atoms. The van der Waals surface area contributed by atoms with E-state index in [1.807, 2.05) is 49.4 Å². The lowest BCUT2D eigenvalue weighted by Gasteiger charge is -2.15. The Morgan fingerprint density at radius 3 is 2.35 bits per heavy atom. The minimum absolute atomic E-state index is 0.189. The van der Waals surface area contributed by atoms with Crippen LogP contribution >= 0.6 is 0 Å². The molecule has 3 rings (SSSR count). The SMILES string of the molecule is COc1ccc(C)cc1NC(=O)c1ccc(O[C@H](C)C(=O)OCc2ccccc2)cc1. The predicted molar refractivity (Wildman–Crippen MR) is 118 cm³/mol. The summed E-state index contributed by atoms with van der Waals surface area (Å²) in [6.45, 7) is 3.75. The lowest BCUT2D eigenvalue weighted by Crippen LogP contribution is -2.26. The highest BCUT2D eigenvalue weighted by Gasteiger charge is 2.17. The van der Waals surface area contributed by atoms with Crippen molar-refractivity contribution < 1.29 is 23.8 Å². The average Bonchev–Trinajstić information content (AvgIpc) is 2.78. The van der Waals surface area contributed by atoms with Crippen LogP contribution in [-0.4, -0.2) is 25.1 Å². The molecule has 0 heterocycles. The van der Waals surface area contributed by atoms with E-state index in [4.69, 9.17) is 14.2 Å². The largest absolute Gasteiger partial charge is 0.495 e. The van der Waals surface area contributed by atoms with Crippen LogP contribution < -0.4 is 14.8 Å². The summed E-state index contributed by atoms with van der Waals surface area (Å²) < 4.78 is 16.2. The first-order valence-electron chi connectivity index (χ1n) is 9.89. The molecule has 0 unspecified atom stereocenters.